The highest BCUT2D eigenvalue weighted by molar-refractivity contribution is 9.10. The SMILES string of the molecule is O=S1c2ccccc2Oc2ccc(Br)cc2S(=O)c2ccccc21. The predicted octanol–water partition coefficient (Wildman–Crippen LogP) is 4.89. The van der Waals surface area contributed by atoms with Gasteiger partial charge in [-0.05, 0) is 42.5 Å². The van der Waals surface area contributed by atoms with Crippen molar-refractivity contribution in [1.82, 2.24) is 0 Å². The second-order valence-electron chi connectivity index (χ2n) is 5.12. The molecule has 0 radical (unpaired) electrons. The maximum absolute atomic E-state index is 13.2. The van der Waals surface area contributed by atoms with Crippen LogP contribution in [0.5, 0.6) is 11.5 Å². The highest BCUT2D eigenvalue weighted by atomic mass is 79.9. The largest absolute Gasteiger partial charge is 0.455 e. The van der Waals surface area contributed by atoms with Gasteiger partial charge in [-0.15, -0.1) is 0 Å². The summed E-state index contributed by atoms with van der Waals surface area (Å²) in [6.07, 6.45) is 0. The molecule has 0 saturated carbocycles. The Morgan fingerprint density at radius 1 is 0.667 bits per heavy atom. The molecule has 1 aliphatic rings. The van der Waals surface area contributed by atoms with Crippen LogP contribution in [0.4, 0.5) is 0 Å². The Hall–Kier alpha value is -1.76. The number of fused-ring (bicyclic) bond motifs is 3. The second-order valence-corrected chi connectivity index (χ2v) is 8.87. The molecule has 3 nitrogen and oxygen atoms in total. The van der Waals surface area contributed by atoms with Crippen molar-refractivity contribution in [3.05, 3.63) is 71.2 Å². The van der Waals surface area contributed by atoms with Crippen molar-refractivity contribution >= 4 is 37.5 Å². The van der Waals surface area contributed by atoms with Gasteiger partial charge in [-0.25, -0.2) is 8.42 Å². The summed E-state index contributed by atoms with van der Waals surface area (Å²) in [4.78, 5) is 2.19. The number of ether oxygens (including phenoxy) is 1. The molecule has 2 unspecified atom stereocenters. The van der Waals surface area contributed by atoms with Crippen LogP contribution in [0.1, 0.15) is 0 Å². The molecule has 6 heteroatoms. The molecule has 0 saturated heterocycles. The molecular weight excluding hydrogens is 408 g/mol. The lowest BCUT2D eigenvalue weighted by Gasteiger charge is -2.11. The Morgan fingerprint density at radius 2 is 1.21 bits per heavy atom. The average Bonchev–Trinajstić information content (AvgIpc) is 2.65. The highest BCUT2D eigenvalue weighted by Crippen LogP contribution is 2.39. The van der Waals surface area contributed by atoms with Gasteiger partial charge in [0.2, 0.25) is 0 Å². The summed E-state index contributed by atoms with van der Waals surface area (Å²) in [5.74, 6) is 1.01. The maximum atomic E-state index is 13.2. The molecule has 0 amide bonds. The minimum atomic E-state index is -1.50. The Kier molecular flexibility index (Phi) is 4.12. The molecule has 0 N–H and O–H groups in total. The van der Waals surface area contributed by atoms with E-state index in [0.29, 0.717) is 31.1 Å². The van der Waals surface area contributed by atoms with Gasteiger partial charge in [0.15, 0.2) is 0 Å². The van der Waals surface area contributed by atoms with E-state index in [1.807, 2.05) is 18.2 Å². The summed E-state index contributed by atoms with van der Waals surface area (Å²) in [5.41, 5.74) is 0. The molecule has 0 spiro atoms. The number of para-hydroxylation sites is 1. The minimum Gasteiger partial charge on any atom is -0.455 e. The van der Waals surface area contributed by atoms with Gasteiger partial charge >= 0.3 is 0 Å². The fraction of sp³-hybridized carbons (Fsp3) is 0. The molecule has 120 valence electrons. The lowest BCUT2D eigenvalue weighted by molar-refractivity contribution is 0.458. The summed E-state index contributed by atoms with van der Waals surface area (Å²) in [6.45, 7) is 0. The van der Waals surface area contributed by atoms with E-state index < -0.39 is 21.6 Å². The van der Waals surface area contributed by atoms with Crippen molar-refractivity contribution in [2.45, 2.75) is 19.6 Å². The normalized spacial score (nSPS) is 18.9. The van der Waals surface area contributed by atoms with Crippen LogP contribution in [-0.4, -0.2) is 8.42 Å². The molecule has 2 atom stereocenters. The van der Waals surface area contributed by atoms with Crippen LogP contribution in [0.25, 0.3) is 0 Å². The van der Waals surface area contributed by atoms with Crippen LogP contribution >= 0.6 is 15.9 Å². The zero-order valence-electron chi connectivity index (χ0n) is 12.3. The van der Waals surface area contributed by atoms with E-state index in [4.69, 9.17) is 4.74 Å². The Labute approximate surface area is 152 Å². The fourth-order valence-electron chi connectivity index (χ4n) is 2.51. The Balaban J connectivity index is 2.08. The van der Waals surface area contributed by atoms with E-state index in [0.717, 1.165) is 4.47 Å². The molecule has 0 bridgehead atoms. The lowest BCUT2D eigenvalue weighted by Crippen LogP contribution is -2.00. The number of halogens is 1. The van der Waals surface area contributed by atoms with Crippen LogP contribution in [0.2, 0.25) is 0 Å². The summed E-state index contributed by atoms with van der Waals surface area (Å²) >= 11 is 3.42. The third-order valence-corrected chi connectivity index (χ3v) is 7.21. The molecule has 3 aromatic rings. The van der Waals surface area contributed by atoms with Crippen LogP contribution in [-0.2, 0) is 21.6 Å². The second kappa shape index (κ2) is 6.27. The van der Waals surface area contributed by atoms with Crippen LogP contribution in [0.3, 0.4) is 0 Å². The molecular formula is C18H11BrO3S2. The molecule has 1 heterocycles. The van der Waals surface area contributed by atoms with E-state index in [9.17, 15) is 8.42 Å². The molecule has 3 aromatic carbocycles. The molecule has 0 fully saturated rings. The Morgan fingerprint density at radius 3 is 1.92 bits per heavy atom. The van der Waals surface area contributed by atoms with E-state index in [1.54, 1.807) is 48.5 Å². The standard InChI is InChI=1S/C18H11BrO3S2/c19-12-9-10-14-18(11-12)24(21)17-8-4-3-7-16(17)23(20)15-6-2-1-5-13(15)22-14/h1-11H. The average molecular weight is 419 g/mol. The molecule has 4 rings (SSSR count). The first kappa shape index (κ1) is 15.7. The molecule has 0 aromatic heterocycles. The Bertz CT molecular complexity index is 1000. The molecule has 0 aliphatic carbocycles. The van der Waals surface area contributed by atoms with Gasteiger partial charge in [-0.3, -0.25) is 0 Å². The zero-order chi connectivity index (χ0) is 16.7. The van der Waals surface area contributed by atoms with E-state index in [1.165, 1.54) is 0 Å². The topological polar surface area (TPSA) is 43.4 Å². The monoisotopic (exact) mass is 418 g/mol. The number of hydrogen-bond donors (Lipinski definition) is 0. The summed E-state index contributed by atoms with van der Waals surface area (Å²) in [5, 5.41) is 0. The van der Waals surface area contributed by atoms with Crippen molar-refractivity contribution in [3.8, 4) is 11.5 Å². The third-order valence-electron chi connectivity index (χ3n) is 3.62. The predicted molar refractivity (Wildman–Crippen MR) is 96.4 cm³/mol. The lowest BCUT2D eigenvalue weighted by atomic mass is 10.3. The van der Waals surface area contributed by atoms with Crippen LogP contribution < -0.4 is 4.74 Å². The quantitative estimate of drug-likeness (QED) is 0.408. The van der Waals surface area contributed by atoms with E-state index in [-0.39, 0.29) is 0 Å². The van der Waals surface area contributed by atoms with E-state index >= 15 is 0 Å². The number of rotatable bonds is 0. The van der Waals surface area contributed by atoms with Crippen molar-refractivity contribution in [2.24, 2.45) is 0 Å². The zero-order valence-corrected chi connectivity index (χ0v) is 15.5. The van der Waals surface area contributed by atoms with Gasteiger partial charge in [0.05, 0.1) is 41.2 Å². The van der Waals surface area contributed by atoms with Crippen LogP contribution in [0.15, 0.2) is 90.8 Å². The van der Waals surface area contributed by atoms with Gasteiger partial charge in [0.1, 0.15) is 11.5 Å². The van der Waals surface area contributed by atoms with Gasteiger partial charge in [0.25, 0.3) is 0 Å². The van der Waals surface area contributed by atoms with Gasteiger partial charge < -0.3 is 4.74 Å². The molecule has 1 aliphatic heterocycles. The van der Waals surface area contributed by atoms with Gasteiger partial charge in [0, 0.05) is 4.47 Å². The van der Waals surface area contributed by atoms with Crippen molar-refractivity contribution < 1.29 is 13.2 Å². The first-order chi connectivity index (χ1) is 11.6. The first-order valence-corrected chi connectivity index (χ1v) is 10.2. The summed E-state index contributed by atoms with van der Waals surface area (Å²) in [7, 11) is -2.97. The highest BCUT2D eigenvalue weighted by Gasteiger charge is 2.25. The summed E-state index contributed by atoms with van der Waals surface area (Å²) in [6, 6.07) is 19.7. The van der Waals surface area contributed by atoms with Crippen molar-refractivity contribution in [3.63, 3.8) is 0 Å². The van der Waals surface area contributed by atoms with Crippen molar-refractivity contribution in [1.29, 1.82) is 0 Å². The number of benzene rings is 3. The van der Waals surface area contributed by atoms with Crippen LogP contribution in [0, 0.1) is 0 Å². The number of hydrogen-bond acceptors (Lipinski definition) is 3. The summed E-state index contributed by atoms with van der Waals surface area (Å²) < 4.78 is 33.0. The third kappa shape index (κ3) is 2.64. The molecule has 24 heavy (non-hydrogen) atoms. The fourth-order valence-corrected chi connectivity index (χ4v) is 5.88. The first-order valence-electron chi connectivity index (χ1n) is 7.14. The smallest absolute Gasteiger partial charge is 0.144 e. The maximum Gasteiger partial charge on any atom is 0.144 e. The van der Waals surface area contributed by atoms with Gasteiger partial charge in [-0.2, -0.15) is 0 Å². The van der Waals surface area contributed by atoms with Gasteiger partial charge in [-0.1, -0.05) is 40.2 Å². The van der Waals surface area contributed by atoms with Crippen molar-refractivity contribution in [2.75, 3.05) is 0 Å². The minimum absolute atomic E-state index is 0.498. The van der Waals surface area contributed by atoms with E-state index in [2.05, 4.69) is 15.9 Å².